The van der Waals surface area contributed by atoms with E-state index >= 15 is 0 Å². The summed E-state index contributed by atoms with van der Waals surface area (Å²) in [5.74, 6) is 1.28. The number of rotatable bonds is 3. The third-order valence-corrected chi connectivity index (χ3v) is 3.16. The van der Waals surface area contributed by atoms with Crippen molar-refractivity contribution in [3.8, 4) is 0 Å². The van der Waals surface area contributed by atoms with E-state index in [2.05, 4.69) is 68.7 Å². The number of benzene rings is 1. The van der Waals surface area contributed by atoms with Gasteiger partial charge in [-0.2, -0.15) is 0 Å². The van der Waals surface area contributed by atoms with Gasteiger partial charge < -0.3 is 0 Å². The van der Waals surface area contributed by atoms with Crippen molar-refractivity contribution >= 4 is 0 Å². The van der Waals surface area contributed by atoms with Crippen molar-refractivity contribution in [2.75, 3.05) is 6.61 Å². The monoisotopic (exact) mass is 250 g/mol. The van der Waals surface area contributed by atoms with Crippen LogP contribution in [0.15, 0.2) is 24.3 Å². The smallest absolute Gasteiger partial charge is 0.119 e. The van der Waals surface area contributed by atoms with Gasteiger partial charge in [0.2, 0.25) is 0 Å². The van der Waals surface area contributed by atoms with Gasteiger partial charge in [0, 0.05) is 0 Å². The fourth-order valence-electron chi connectivity index (χ4n) is 1.63. The summed E-state index contributed by atoms with van der Waals surface area (Å²) in [6.45, 7) is 11.8. The van der Waals surface area contributed by atoms with Gasteiger partial charge in [-0.1, -0.05) is 58.9 Å². The molecule has 0 radical (unpaired) electrons. The Morgan fingerprint density at radius 2 is 1.61 bits per heavy atom. The van der Waals surface area contributed by atoms with E-state index in [0.29, 0.717) is 17.9 Å². The molecule has 102 valence electrons. The predicted molar refractivity (Wildman–Crippen MR) is 75.7 cm³/mol. The Morgan fingerprint density at radius 3 is 1.83 bits per heavy atom. The van der Waals surface area contributed by atoms with Crippen LogP contribution in [-0.2, 0) is 9.78 Å². The van der Waals surface area contributed by atoms with Crippen molar-refractivity contribution < 1.29 is 9.78 Å². The highest BCUT2D eigenvalue weighted by Crippen LogP contribution is 2.20. The molecule has 1 heterocycles. The Kier molecular flexibility index (Phi) is 6.37. The van der Waals surface area contributed by atoms with E-state index in [1.807, 2.05) is 0 Å². The molecule has 2 nitrogen and oxygen atoms in total. The number of hydrogen-bond acceptors (Lipinski definition) is 2. The zero-order chi connectivity index (χ0) is 13.5. The largest absolute Gasteiger partial charge is 0.233 e. The third kappa shape index (κ3) is 4.79. The quantitative estimate of drug-likeness (QED) is 0.726. The van der Waals surface area contributed by atoms with Crippen LogP contribution in [0.5, 0.6) is 0 Å². The van der Waals surface area contributed by atoms with Crippen LogP contribution >= 0.6 is 0 Å². The summed E-state index contributed by atoms with van der Waals surface area (Å²) in [4.78, 5) is 9.01. The van der Waals surface area contributed by atoms with Crippen molar-refractivity contribution in [1.29, 1.82) is 0 Å². The maximum atomic E-state index is 4.58. The highest BCUT2D eigenvalue weighted by atomic mass is 17.2. The van der Waals surface area contributed by atoms with Crippen LogP contribution in [0.2, 0.25) is 0 Å². The van der Waals surface area contributed by atoms with E-state index in [1.165, 1.54) is 11.1 Å². The summed E-state index contributed by atoms with van der Waals surface area (Å²) in [5.41, 5.74) is 2.89. The minimum atomic E-state index is 0.394. The Hall–Kier alpha value is -0.860. The van der Waals surface area contributed by atoms with Gasteiger partial charge in [0.15, 0.2) is 0 Å². The van der Waals surface area contributed by atoms with Crippen molar-refractivity contribution in [2.24, 2.45) is 0 Å². The minimum Gasteiger partial charge on any atom is -0.233 e. The lowest BCUT2D eigenvalue weighted by atomic mass is 9.96. The van der Waals surface area contributed by atoms with Crippen LogP contribution in [0.3, 0.4) is 0 Å². The first-order valence-electron chi connectivity index (χ1n) is 6.92. The van der Waals surface area contributed by atoms with Crippen molar-refractivity contribution in [2.45, 2.75) is 59.0 Å². The Labute approximate surface area is 111 Å². The molecule has 0 bridgehead atoms. The maximum Gasteiger partial charge on any atom is 0.119 e. The Balaban J connectivity index is 0.000000225. The third-order valence-electron chi connectivity index (χ3n) is 3.16. The summed E-state index contributed by atoms with van der Waals surface area (Å²) in [7, 11) is 0. The molecular formula is C16H26O2. The molecule has 0 aromatic heterocycles. The van der Waals surface area contributed by atoms with Crippen LogP contribution in [0.4, 0.5) is 0 Å². The molecule has 0 amide bonds. The zero-order valence-electron chi connectivity index (χ0n) is 12.3. The fraction of sp³-hybridized carbons (Fsp3) is 0.625. The summed E-state index contributed by atoms with van der Waals surface area (Å²) >= 11 is 0. The van der Waals surface area contributed by atoms with Crippen LogP contribution in [0.25, 0.3) is 0 Å². The molecular weight excluding hydrogens is 224 g/mol. The van der Waals surface area contributed by atoms with Gasteiger partial charge in [-0.3, -0.25) is 0 Å². The Bertz CT molecular complexity index is 315. The van der Waals surface area contributed by atoms with Crippen molar-refractivity contribution in [3.05, 3.63) is 35.4 Å². The lowest BCUT2D eigenvalue weighted by Gasteiger charge is -2.22. The van der Waals surface area contributed by atoms with Gasteiger partial charge in [0.05, 0.1) is 0 Å². The van der Waals surface area contributed by atoms with Crippen LogP contribution in [0, 0.1) is 0 Å². The van der Waals surface area contributed by atoms with E-state index in [1.54, 1.807) is 0 Å². The molecule has 1 saturated heterocycles. The molecule has 0 spiro atoms. The highest BCUT2D eigenvalue weighted by Gasteiger charge is 2.16. The van der Waals surface area contributed by atoms with Gasteiger partial charge in [0.25, 0.3) is 0 Å². The summed E-state index contributed by atoms with van der Waals surface area (Å²) in [6, 6.07) is 8.88. The lowest BCUT2D eigenvalue weighted by Crippen LogP contribution is -2.29. The molecule has 1 unspecified atom stereocenters. The molecule has 1 aliphatic rings. The van der Waals surface area contributed by atoms with Gasteiger partial charge in [-0.05, 0) is 29.4 Å². The second-order valence-electron chi connectivity index (χ2n) is 5.39. The van der Waals surface area contributed by atoms with Crippen LogP contribution < -0.4 is 0 Å². The summed E-state index contributed by atoms with van der Waals surface area (Å²) in [6.07, 6.45) is 1.46. The molecule has 0 N–H and O–H groups in total. The first kappa shape index (κ1) is 15.2. The van der Waals surface area contributed by atoms with E-state index in [9.17, 15) is 0 Å². The molecule has 0 saturated carbocycles. The van der Waals surface area contributed by atoms with E-state index in [0.717, 1.165) is 13.0 Å². The van der Waals surface area contributed by atoms with E-state index < -0.39 is 0 Å². The van der Waals surface area contributed by atoms with Gasteiger partial charge >= 0.3 is 0 Å². The number of hydrogen-bond donors (Lipinski definition) is 0. The molecule has 0 aliphatic carbocycles. The molecule has 1 fully saturated rings. The summed E-state index contributed by atoms with van der Waals surface area (Å²) in [5, 5.41) is 0. The predicted octanol–water partition coefficient (Wildman–Crippen LogP) is 4.66. The average molecular weight is 250 g/mol. The fourth-order valence-corrected chi connectivity index (χ4v) is 1.63. The van der Waals surface area contributed by atoms with Crippen LogP contribution in [-0.4, -0.2) is 12.7 Å². The topological polar surface area (TPSA) is 18.5 Å². The highest BCUT2D eigenvalue weighted by molar-refractivity contribution is 5.27. The SMILES string of the molecule is CC(C)c1cccc(C(C)C)c1.CCC1COO1. The maximum absolute atomic E-state index is 4.58. The standard InChI is InChI=1S/C12H18.C4H8O2/c1-9(2)11-6-5-7-12(8-11)10(3)4;1-2-4-3-5-6-4/h5-10H,1-4H3;4H,2-3H2,1H3. The normalized spacial score (nSPS) is 18.3. The van der Waals surface area contributed by atoms with Crippen LogP contribution in [0.1, 0.15) is 64.0 Å². The molecule has 1 aliphatic heterocycles. The first-order chi connectivity index (χ1) is 8.54. The second kappa shape index (κ2) is 7.55. The second-order valence-corrected chi connectivity index (χ2v) is 5.39. The van der Waals surface area contributed by atoms with E-state index in [-0.39, 0.29) is 0 Å². The lowest BCUT2D eigenvalue weighted by molar-refractivity contribution is -0.424. The van der Waals surface area contributed by atoms with Gasteiger partial charge in [-0.25, -0.2) is 9.78 Å². The first-order valence-corrected chi connectivity index (χ1v) is 6.92. The molecule has 2 rings (SSSR count). The molecule has 2 heteroatoms. The minimum absolute atomic E-state index is 0.394. The van der Waals surface area contributed by atoms with Crippen molar-refractivity contribution in [3.63, 3.8) is 0 Å². The molecule has 1 aromatic carbocycles. The molecule has 1 aromatic rings. The van der Waals surface area contributed by atoms with E-state index in [4.69, 9.17) is 0 Å². The average Bonchev–Trinajstić information content (AvgIpc) is 2.28. The van der Waals surface area contributed by atoms with Gasteiger partial charge in [0.1, 0.15) is 12.7 Å². The molecule has 18 heavy (non-hydrogen) atoms. The summed E-state index contributed by atoms with van der Waals surface area (Å²) < 4.78 is 0. The van der Waals surface area contributed by atoms with Crippen molar-refractivity contribution in [1.82, 2.24) is 0 Å². The zero-order valence-corrected chi connectivity index (χ0v) is 12.3. The molecule has 1 atom stereocenters. The Morgan fingerprint density at radius 1 is 1.11 bits per heavy atom. The van der Waals surface area contributed by atoms with Gasteiger partial charge in [-0.15, -0.1) is 0 Å².